The van der Waals surface area contributed by atoms with Crippen LogP contribution in [-0.4, -0.2) is 277 Å². The fraction of sp³-hybridized carbons (Fsp3) is 0.543. The summed E-state index contributed by atoms with van der Waals surface area (Å²) >= 11 is 0.805. The minimum Gasteiger partial charge on any atom is -0.508 e. The maximum atomic E-state index is 15.7. The number of ether oxygens (including phenoxy) is 1. The van der Waals surface area contributed by atoms with Gasteiger partial charge in [-0.15, -0.1) is 11.8 Å². The number of carbonyl (C=O) groups excluding carboxylic acids is 15. The third-order valence-corrected chi connectivity index (χ3v) is 25.0. The Kier molecular flexibility index (Phi) is 37.6. The number of nitrogens with two attached hydrogens (primary N) is 2. The molecule has 15 atom stereocenters. The topological polar surface area (TPSA) is 518 Å². The van der Waals surface area contributed by atoms with E-state index in [0.717, 1.165) is 33.7 Å². The highest BCUT2D eigenvalue weighted by atomic mass is 32.2. The van der Waals surface area contributed by atoms with Gasteiger partial charge in [-0.1, -0.05) is 141 Å². The maximum absolute atomic E-state index is 15.7. The maximum Gasteiger partial charge on any atom is 0.305 e. The van der Waals surface area contributed by atoms with Gasteiger partial charge in [0.1, 0.15) is 90.4 Å². The number of fused-ring (bicyclic) bond motifs is 5. The van der Waals surface area contributed by atoms with E-state index in [1.165, 1.54) is 67.3 Å². The Morgan fingerprint density at radius 2 is 1.13 bits per heavy atom. The number of aromatic hydroxyl groups is 1. The Morgan fingerprint density at radius 1 is 0.554 bits per heavy atom. The minimum absolute atomic E-state index is 0.0246. The fourth-order valence-electron chi connectivity index (χ4n) is 16.8. The molecule has 130 heavy (non-hydrogen) atoms. The molecule has 2 unspecified atom stereocenters. The number of H-pyrrole nitrogens is 1. The number of carboxylic acid groups (broad SMARTS) is 1. The number of thioether (sulfide) groups is 1. The third-order valence-electron chi connectivity index (χ3n) is 24.0. The first kappa shape index (κ1) is 102. The van der Waals surface area contributed by atoms with Crippen LogP contribution >= 0.6 is 11.8 Å². The summed E-state index contributed by atoms with van der Waals surface area (Å²) in [6.07, 6.45) is 0.227. The number of hydrogen-bond acceptors (Lipinski definition) is 20. The summed E-state index contributed by atoms with van der Waals surface area (Å²) in [5.41, 5.74) is 13.9. The van der Waals surface area contributed by atoms with Crippen LogP contribution in [-0.2, 0) is 107 Å². The van der Waals surface area contributed by atoms with Crippen LogP contribution in [0, 0.1) is 23.6 Å². The summed E-state index contributed by atoms with van der Waals surface area (Å²) < 4.78 is 21.0. The second-order valence-corrected chi connectivity index (χ2v) is 36.3. The van der Waals surface area contributed by atoms with Crippen LogP contribution in [0.5, 0.6) is 5.75 Å². The molecule has 0 spiro atoms. The zero-order chi connectivity index (χ0) is 94.9. The molecule has 38 heteroatoms. The van der Waals surface area contributed by atoms with Crippen molar-refractivity contribution >= 4 is 117 Å². The Morgan fingerprint density at radius 3 is 1.78 bits per heavy atom. The van der Waals surface area contributed by atoms with Crippen LogP contribution in [0.2, 0.25) is 0 Å². The predicted octanol–water partition coefficient (Wildman–Crippen LogP) is 2.24. The van der Waals surface area contributed by atoms with Gasteiger partial charge in [-0.3, -0.25) is 81.6 Å². The van der Waals surface area contributed by atoms with E-state index in [2.05, 4.69) is 52.8 Å². The normalized spacial score (nSPS) is 25.6. The largest absolute Gasteiger partial charge is 0.508 e. The number of nitrogens with zero attached hydrogens (tertiary/aromatic N) is 5. The molecule has 36 nitrogen and oxygen atoms in total. The van der Waals surface area contributed by atoms with Crippen molar-refractivity contribution in [2.75, 3.05) is 52.3 Å². The molecule has 4 aliphatic heterocycles. The second kappa shape index (κ2) is 48.0. The molecule has 0 radical (unpaired) electrons. The number of amides is 15. The number of rotatable bonds is 24. The molecular formula is C92H126FN17O19S. The van der Waals surface area contributed by atoms with Gasteiger partial charge in [0.2, 0.25) is 88.6 Å². The van der Waals surface area contributed by atoms with Crippen LogP contribution in [0.25, 0.3) is 10.9 Å². The van der Waals surface area contributed by atoms with Crippen molar-refractivity contribution in [3.8, 4) is 5.75 Å². The van der Waals surface area contributed by atoms with Crippen molar-refractivity contribution in [2.24, 2.45) is 29.2 Å². The van der Waals surface area contributed by atoms with Crippen molar-refractivity contribution in [1.29, 1.82) is 0 Å². The number of carboxylic acids is 1. The van der Waals surface area contributed by atoms with Crippen molar-refractivity contribution in [3.63, 3.8) is 0 Å². The van der Waals surface area contributed by atoms with Crippen molar-refractivity contribution in [2.45, 2.75) is 248 Å². The number of likely N-dealkylation sites (N-methyl/N-ethyl adjacent to an activating group) is 3. The van der Waals surface area contributed by atoms with Gasteiger partial charge in [0.15, 0.2) is 0 Å². The van der Waals surface area contributed by atoms with Gasteiger partial charge in [-0.05, 0) is 122 Å². The molecule has 4 aliphatic rings. The van der Waals surface area contributed by atoms with E-state index >= 15 is 43.2 Å². The zero-order valence-corrected chi connectivity index (χ0v) is 76.2. The number of hydrogen-bond donors (Lipinski definition) is 14. The summed E-state index contributed by atoms with van der Waals surface area (Å²) in [5, 5.41) is 46.1. The lowest BCUT2D eigenvalue weighted by Crippen LogP contribution is -2.61. The zero-order valence-electron chi connectivity index (χ0n) is 75.4. The van der Waals surface area contributed by atoms with Crippen molar-refractivity contribution in [1.82, 2.24) is 77.3 Å². The molecule has 16 N–H and O–H groups in total. The molecule has 0 bridgehead atoms. The molecule has 5 aromatic rings. The quantitative estimate of drug-likeness (QED) is 0.0394. The number of para-hydroxylation sites is 1. The van der Waals surface area contributed by atoms with E-state index in [9.17, 15) is 48.2 Å². The van der Waals surface area contributed by atoms with Gasteiger partial charge >= 0.3 is 5.97 Å². The summed E-state index contributed by atoms with van der Waals surface area (Å²) in [7, 11) is 4.08. The van der Waals surface area contributed by atoms with E-state index in [4.69, 9.17) is 16.2 Å². The van der Waals surface area contributed by atoms with Gasteiger partial charge in [0.25, 0.3) is 0 Å². The number of halogens is 1. The van der Waals surface area contributed by atoms with Crippen LogP contribution in [0.4, 0.5) is 4.39 Å². The lowest BCUT2D eigenvalue weighted by atomic mass is 9.96. The van der Waals surface area contributed by atoms with Crippen molar-refractivity contribution in [3.05, 3.63) is 137 Å². The molecule has 0 saturated carbocycles. The number of aromatic amines is 1. The highest BCUT2D eigenvalue weighted by Crippen LogP contribution is 2.37. The Bertz CT molecular complexity index is 4830. The summed E-state index contributed by atoms with van der Waals surface area (Å²) in [6.45, 7) is 11.8. The Labute approximate surface area is 760 Å². The highest BCUT2D eigenvalue weighted by molar-refractivity contribution is 8.00. The van der Waals surface area contributed by atoms with Gasteiger partial charge < -0.3 is 98.9 Å². The SMILES string of the molecule is CCCC[C@H]1C(=O)N2CCC[C@@H]2C(=O)N[C@@H](CC(=O)O)C(=O)N[C@@H](C(C)C)C(=O)N(C)[C@@H](CC(C)C)C(=O)N[C@@H](CCC(N)=O)C2OC2N2CCCC[C@@H]2C(=O)N[C@@H](Cc2c[nH]c3ccccc23)C(=O)N[C@@H](Cc2ccc(O)cc2)C(=O)N[C@@H](CC(C)C)C(=O)N[C@H](C(=O)NCC(N)=O)CSCC(=O)N[C@@H](Cc2ccc(F)cc2)C(=O)N(C)[C@@H](Cc2ccccc2)C(=O)N1C. The first-order valence-electron chi connectivity index (χ1n) is 44.5. The molecule has 4 aromatic carbocycles. The van der Waals surface area contributed by atoms with Gasteiger partial charge in [0.05, 0.1) is 30.8 Å². The Balaban J connectivity index is 1.10. The average Bonchev–Trinajstić information content (AvgIpc) is 1.61. The number of nitrogens with one attached hydrogen (secondary N) is 10. The van der Waals surface area contributed by atoms with Crippen LogP contribution in [0.3, 0.4) is 0 Å². The van der Waals surface area contributed by atoms with Gasteiger partial charge in [-0.2, -0.15) is 0 Å². The second-order valence-electron chi connectivity index (χ2n) is 35.3. The third kappa shape index (κ3) is 28.7. The molecule has 706 valence electrons. The molecule has 5 heterocycles. The molecule has 4 saturated heterocycles. The lowest BCUT2D eigenvalue weighted by Gasteiger charge is -2.38. The summed E-state index contributed by atoms with van der Waals surface area (Å²) in [5.74, 6) is -17.1. The van der Waals surface area contributed by atoms with E-state index in [-0.39, 0.29) is 108 Å². The number of piperidine rings is 1. The highest BCUT2D eigenvalue weighted by Gasteiger charge is 2.54. The number of unbranched alkanes of at least 4 members (excludes halogenated alkanes) is 1. The number of epoxide rings is 1. The average molecular weight is 1830 g/mol. The first-order valence-corrected chi connectivity index (χ1v) is 45.7. The van der Waals surface area contributed by atoms with Gasteiger partial charge in [0, 0.05) is 89.2 Å². The van der Waals surface area contributed by atoms with Crippen molar-refractivity contribution < 1.29 is 96.1 Å². The number of aliphatic carboxylic acids is 1. The number of phenols is 1. The van der Waals surface area contributed by atoms with E-state index in [0.29, 0.717) is 58.8 Å². The molecule has 0 aliphatic carbocycles. The number of primary amides is 2. The van der Waals surface area contributed by atoms with Gasteiger partial charge in [-0.25, -0.2) is 4.39 Å². The smallest absolute Gasteiger partial charge is 0.305 e. The minimum atomic E-state index is -1.86. The molecule has 4 fully saturated rings. The predicted molar refractivity (Wildman–Crippen MR) is 480 cm³/mol. The lowest BCUT2D eigenvalue weighted by molar-refractivity contribution is -0.152. The van der Waals surface area contributed by atoms with Crippen LogP contribution < -0.4 is 59.3 Å². The molecule has 1 aromatic heterocycles. The monoisotopic (exact) mass is 1820 g/mol. The molecule has 9 rings (SSSR count). The van der Waals surface area contributed by atoms with Crippen LogP contribution in [0.15, 0.2) is 109 Å². The molecular weight excluding hydrogens is 1700 g/mol. The summed E-state index contributed by atoms with van der Waals surface area (Å²) in [6, 6.07) is 8.46. The van der Waals surface area contributed by atoms with E-state index in [1.807, 2.05) is 39.0 Å². The fourth-order valence-corrected chi connectivity index (χ4v) is 17.7. The standard InChI is InChI=1S/C92H126FN17O19S/c1-11-12-25-71-90(127)109-39-20-27-69(109)85(122)103-66(46-77(115)116)84(121)105-78(53(6)7)91(128)107(9)72(41-52(4)5)87(124)99-62(36-37-74(94)112)79-92(129-79)110-38-19-18-26-70(110)86(123)102-65(45-57-47-96-61-24-17-16-23-60(57)61)83(120)101-64(42-56-30-34-59(111)35-31-56)82(119)100-63(40-51(2)3)81(118)104-68(80(117)97-48-75(95)113)49-130-50-76(114)98-67(43-55-28-32-58(93)33-29-55)88(125)108(10)73(89(126)106(71)8)44-54-21-14-13-15-22-54/h13-17,21-24,28-35,47,51-53,62-73,78-79,92,96,111H,11-12,18-20,25-27,36-46,48-50H2,1-10H3,(H2,94,112)(H2,95,113)(H,97,117)(H,98,114)(H,99,124)(H,100,119)(H,101,120)(H,102,123)(H,103,122)(H,104,118)(H,105,121)(H,115,116)/t62-,63-,64-,65-,66-,67-,68-,69+,70+,71-,72-,73-,78-,79?,92?/m0/s1. The first-order chi connectivity index (χ1) is 61.8. The number of phenolic OH excluding ortho intramolecular Hbond substituents is 1. The van der Waals surface area contributed by atoms with E-state index < -0.39 is 222 Å². The Hall–Kier alpha value is -12.1. The number of aromatic nitrogens is 1. The number of carbonyl (C=O) groups is 16. The van der Waals surface area contributed by atoms with Crippen LogP contribution in [0.1, 0.15) is 154 Å². The van der Waals surface area contributed by atoms with E-state index in [1.54, 1.807) is 75.2 Å². The molecule has 15 amide bonds. The number of benzene rings is 4. The summed E-state index contributed by atoms with van der Waals surface area (Å²) in [4.78, 5) is 244.